The van der Waals surface area contributed by atoms with Crippen LogP contribution in [0.15, 0.2) is 36.8 Å². The second-order valence-corrected chi connectivity index (χ2v) is 5.78. The predicted molar refractivity (Wildman–Crippen MR) is 87.2 cm³/mol. The smallest absolute Gasteiger partial charge is 0.150 e. The van der Waals surface area contributed by atoms with E-state index in [4.69, 9.17) is 11.6 Å². The third-order valence-corrected chi connectivity index (χ3v) is 4.12. The molecule has 2 aromatic rings. The third kappa shape index (κ3) is 2.83. The first-order chi connectivity index (χ1) is 10.7. The number of hydrogen-bond acceptors (Lipinski definition) is 5. The molecule has 2 heterocycles. The highest BCUT2D eigenvalue weighted by Gasteiger charge is 2.26. The van der Waals surface area contributed by atoms with E-state index >= 15 is 0 Å². The Morgan fingerprint density at radius 1 is 1.36 bits per heavy atom. The molecule has 22 heavy (non-hydrogen) atoms. The molecule has 0 saturated carbocycles. The van der Waals surface area contributed by atoms with Gasteiger partial charge in [0.1, 0.15) is 23.8 Å². The van der Waals surface area contributed by atoms with Gasteiger partial charge in [0.05, 0.1) is 6.20 Å². The van der Waals surface area contributed by atoms with Crippen LogP contribution in [0.5, 0.6) is 0 Å². The van der Waals surface area contributed by atoms with Crippen molar-refractivity contribution in [3.05, 3.63) is 47.4 Å². The maximum absolute atomic E-state index is 9.21. The van der Waals surface area contributed by atoms with Gasteiger partial charge in [-0.15, -0.1) is 0 Å². The molecule has 0 N–H and O–H groups in total. The summed E-state index contributed by atoms with van der Waals surface area (Å²) in [4.78, 5) is 12.7. The van der Waals surface area contributed by atoms with Crippen molar-refractivity contribution in [3.8, 4) is 6.07 Å². The van der Waals surface area contributed by atoms with Gasteiger partial charge in [-0.1, -0.05) is 17.7 Å². The number of nitrogens with zero attached hydrogens (tertiary/aromatic N) is 5. The van der Waals surface area contributed by atoms with E-state index < -0.39 is 0 Å². The number of rotatable bonds is 2. The van der Waals surface area contributed by atoms with Crippen LogP contribution in [0.1, 0.15) is 12.5 Å². The van der Waals surface area contributed by atoms with Gasteiger partial charge in [0.25, 0.3) is 0 Å². The summed E-state index contributed by atoms with van der Waals surface area (Å²) in [7, 11) is 0. The van der Waals surface area contributed by atoms with Crippen molar-refractivity contribution in [3.63, 3.8) is 0 Å². The lowest BCUT2D eigenvalue weighted by atomic mass is 10.1. The van der Waals surface area contributed by atoms with Crippen molar-refractivity contribution < 1.29 is 0 Å². The van der Waals surface area contributed by atoms with Crippen LogP contribution in [-0.4, -0.2) is 35.6 Å². The van der Waals surface area contributed by atoms with Crippen LogP contribution in [0.2, 0.25) is 5.02 Å². The fourth-order valence-corrected chi connectivity index (χ4v) is 3.00. The zero-order chi connectivity index (χ0) is 15.5. The summed E-state index contributed by atoms with van der Waals surface area (Å²) >= 11 is 6.07. The van der Waals surface area contributed by atoms with E-state index in [2.05, 4.69) is 38.8 Å². The van der Waals surface area contributed by atoms with Crippen molar-refractivity contribution in [2.45, 2.75) is 13.0 Å². The Morgan fingerprint density at radius 3 is 2.95 bits per heavy atom. The van der Waals surface area contributed by atoms with Gasteiger partial charge in [-0.2, -0.15) is 5.26 Å². The molecule has 1 aromatic heterocycles. The number of piperazine rings is 1. The van der Waals surface area contributed by atoms with E-state index in [1.807, 2.05) is 18.2 Å². The first-order valence-electron chi connectivity index (χ1n) is 7.16. The Labute approximate surface area is 134 Å². The standard InChI is InChI=1S/C16H16ClN5/c1-12-10-21(15-4-2-3-14(17)7-15)5-6-22(12)16-13(8-18)9-19-11-20-16/h2-4,7,9,11-12H,5-6,10H2,1H3/t12-/m1/s1. The topological polar surface area (TPSA) is 56.1 Å². The number of nitriles is 1. The molecule has 0 bridgehead atoms. The molecule has 0 aliphatic carbocycles. The van der Waals surface area contributed by atoms with Gasteiger partial charge in [0.2, 0.25) is 0 Å². The molecule has 3 rings (SSSR count). The Balaban J connectivity index is 1.80. The number of benzene rings is 1. The van der Waals surface area contributed by atoms with E-state index in [-0.39, 0.29) is 6.04 Å². The minimum absolute atomic E-state index is 0.245. The van der Waals surface area contributed by atoms with Crippen LogP contribution in [0.4, 0.5) is 11.5 Å². The fourth-order valence-electron chi connectivity index (χ4n) is 2.81. The van der Waals surface area contributed by atoms with Crippen molar-refractivity contribution >= 4 is 23.1 Å². The molecule has 1 aromatic carbocycles. The predicted octanol–water partition coefficient (Wildman–Crippen LogP) is 2.72. The second-order valence-electron chi connectivity index (χ2n) is 5.34. The molecule has 5 nitrogen and oxygen atoms in total. The van der Waals surface area contributed by atoms with E-state index in [1.165, 1.54) is 6.33 Å². The third-order valence-electron chi connectivity index (χ3n) is 3.88. The van der Waals surface area contributed by atoms with Crippen LogP contribution in [0.25, 0.3) is 0 Å². The Morgan fingerprint density at radius 2 is 2.23 bits per heavy atom. The molecule has 1 aliphatic rings. The lowest BCUT2D eigenvalue weighted by molar-refractivity contribution is 0.545. The summed E-state index contributed by atoms with van der Waals surface area (Å²) < 4.78 is 0. The van der Waals surface area contributed by atoms with Crippen molar-refractivity contribution in [1.82, 2.24) is 9.97 Å². The molecule has 1 aliphatic heterocycles. The van der Waals surface area contributed by atoms with Gasteiger partial charge in [-0.3, -0.25) is 0 Å². The highest BCUT2D eigenvalue weighted by atomic mass is 35.5. The summed E-state index contributed by atoms with van der Waals surface area (Å²) in [6, 6.07) is 10.3. The summed E-state index contributed by atoms with van der Waals surface area (Å²) in [5, 5.41) is 9.96. The van der Waals surface area contributed by atoms with Gasteiger partial charge in [0.15, 0.2) is 0 Å². The molecular formula is C16H16ClN5. The number of anilines is 2. The maximum Gasteiger partial charge on any atom is 0.150 e. The average molecular weight is 314 g/mol. The summed E-state index contributed by atoms with van der Waals surface area (Å²) in [6.07, 6.45) is 3.06. The number of hydrogen-bond donors (Lipinski definition) is 0. The lowest BCUT2D eigenvalue weighted by Crippen LogP contribution is -2.52. The number of halogens is 1. The van der Waals surface area contributed by atoms with E-state index in [9.17, 15) is 5.26 Å². The minimum Gasteiger partial charge on any atom is -0.368 e. The van der Waals surface area contributed by atoms with Gasteiger partial charge < -0.3 is 9.80 Å². The molecule has 0 amide bonds. The lowest BCUT2D eigenvalue weighted by Gasteiger charge is -2.41. The Hall–Kier alpha value is -2.32. The highest BCUT2D eigenvalue weighted by Crippen LogP contribution is 2.25. The monoisotopic (exact) mass is 313 g/mol. The Bertz CT molecular complexity index is 712. The van der Waals surface area contributed by atoms with E-state index in [1.54, 1.807) is 6.20 Å². The van der Waals surface area contributed by atoms with E-state index in [0.717, 1.165) is 36.2 Å². The molecular weight excluding hydrogens is 298 g/mol. The SMILES string of the molecule is C[C@@H]1CN(c2cccc(Cl)c2)CCN1c1ncncc1C#N. The minimum atomic E-state index is 0.245. The zero-order valence-electron chi connectivity index (χ0n) is 12.3. The average Bonchev–Trinajstić information content (AvgIpc) is 2.55. The van der Waals surface area contributed by atoms with Gasteiger partial charge in [-0.25, -0.2) is 9.97 Å². The summed E-state index contributed by atoms with van der Waals surface area (Å²) in [6.45, 7) is 4.66. The molecule has 0 spiro atoms. The molecule has 1 saturated heterocycles. The van der Waals surface area contributed by atoms with Crippen molar-refractivity contribution in [1.29, 1.82) is 5.26 Å². The first kappa shape index (κ1) is 14.6. The van der Waals surface area contributed by atoms with Gasteiger partial charge in [-0.05, 0) is 25.1 Å². The zero-order valence-corrected chi connectivity index (χ0v) is 13.0. The molecule has 1 fully saturated rings. The molecule has 0 radical (unpaired) electrons. The van der Waals surface area contributed by atoms with Crippen LogP contribution < -0.4 is 9.80 Å². The molecule has 112 valence electrons. The second kappa shape index (κ2) is 6.20. The van der Waals surface area contributed by atoms with Crippen LogP contribution >= 0.6 is 11.6 Å². The molecule has 1 atom stereocenters. The molecule has 0 unspecified atom stereocenters. The van der Waals surface area contributed by atoms with Crippen molar-refractivity contribution in [2.75, 3.05) is 29.4 Å². The van der Waals surface area contributed by atoms with Crippen LogP contribution in [0.3, 0.4) is 0 Å². The van der Waals surface area contributed by atoms with Gasteiger partial charge >= 0.3 is 0 Å². The fraction of sp³-hybridized carbons (Fsp3) is 0.312. The van der Waals surface area contributed by atoms with Crippen molar-refractivity contribution in [2.24, 2.45) is 0 Å². The summed E-state index contributed by atoms with van der Waals surface area (Å²) in [5.74, 6) is 0.718. The summed E-state index contributed by atoms with van der Waals surface area (Å²) in [5.41, 5.74) is 1.65. The number of aromatic nitrogens is 2. The maximum atomic E-state index is 9.21. The van der Waals surface area contributed by atoms with Crippen LogP contribution in [0, 0.1) is 11.3 Å². The first-order valence-corrected chi connectivity index (χ1v) is 7.54. The quantitative estimate of drug-likeness (QED) is 0.853. The Kier molecular flexibility index (Phi) is 4.12. The van der Waals surface area contributed by atoms with E-state index in [0.29, 0.717) is 5.56 Å². The normalized spacial score (nSPS) is 18.1. The van der Waals surface area contributed by atoms with Gasteiger partial charge in [0, 0.05) is 36.4 Å². The van der Waals surface area contributed by atoms with Crippen LogP contribution in [-0.2, 0) is 0 Å². The highest BCUT2D eigenvalue weighted by molar-refractivity contribution is 6.30. The molecule has 6 heteroatoms. The largest absolute Gasteiger partial charge is 0.368 e.